The Hall–Kier alpha value is -1.84. The smallest absolute Gasteiger partial charge is 0.338 e. The van der Waals surface area contributed by atoms with Crippen LogP contribution in [0.2, 0.25) is 0 Å². The van der Waals surface area contributed by atoms with E-state index in [1.807, 2.05) is 13.8 Å². The lowest BCUT2D eigenvalue weighted by Gasteiger charge is -2.42. The summed E-state index contributed by atoms with van der Waals surface area (Å²) in [6.07, 6.45) is 4.26. The third kappa shape index (κ3) is 2.19. The molecule has 0 spiro atoms. The molecule has 1 heterocycles. The standard InChI is InChI=1S/C20H24O4/c1-10(2)5-18(21)23-9-14-13-7-15-11(3)12-6-16(12)20(15,4)8-17(13)24-19(14)22/h5,12,15-17H,3,6-9H2,1-2,4H3/t12-,15+,16-,17+,20-/m0/s1. The van der Waals surface area contributed by atoms with E-state index in [1.165, 1.54) is 18.1 Å². The molecule has 4 nitrogen and oxygen atoms in total. The van der Waals surface area contributed by atoms with Crippen LogP contribution in [0.1, 0.15) is 40.0 Å². The van der Waals surface area contributed by atoms with Gasteiger partial charge >= 0.3 is 11.9 Å². The van der Waals surface area contributed by atoms with E-state index in [0.29, 0.717) is 17.4 Å². The van der Waals surface area contributed by atoms with Gasteiger partial charge in [0.25, 0.3) is 0 Å². The minimum atomic E-state index is -0.411. The Labute approximate surface area is 142 Å². The van der Waals surface area contributed by atoms with Crippen LogP contribution in [0.5, 0.6) is 0 Å². The molecule has 24 heavy (non-hydrogen) atoms. The minimum absolute atomic E-state index is 0.00997. The first-order valence-corrected chi connectivity index (χ1v) is 8.74. The molecule has 0 amide bonds. The van der Waals surface area contributed by atoms with Gasteiger partial charge in [0.05, 0.1) is 5.57 Å². The second-order valence-corrected chi connectivity index (χ2v) is 8.22. The van der Waals surface area contributed by atoms with Crippen molar-refractivity contribution in [2.45, 2.75) is 46.1 Å². The Morgan fingerprint density at radius 3 is 2.92 bits per heavy atom. The molecule has 3 saturated carbocycles. The number of ether oxygens (including phenoxy) is 2. The summed E-state index contributed by atoms with van der Waals surface area (Å²) in [5.74, 6) is 1.10. The van der Waals surface area contributed by atoms with Crippen LogP contribution in [0, 0.1) is 23.2 Å². The van der Waals surface area contributed by atoms with E-state index in [0.717, 1.165) is 29.9 Å². The summed E-state index contributed by atoms with van der Waals surface area (Å²) in [5.41, 5.74) is 4.03. The topological polar surface area (TPSA) is 52.6 Å². The largest absolute Gasteiger partial charge is 0.457 e. The predicted molar refractivity (Wildman–Crippen MR) is 88.9 cm³/mol. The fourth-order valence-corrected chi connectivity index (χ4v) is 5.14. The van der Waals surface area contributed by atoms with Crippen molar-refractivity contribution in [3.63, 3.8) is 0 Å². The average molecular weight is 328 g/mol. The first-order valence-electron chi connectivity index (χ1n) is 8.74. The number of esters is 2. The summed E-state index contributed by atoms with van der Waals surface area (Å²) in [6.45, 7) is 10.3. The average Bonchev–Trinajstić information content (AvgIpc) is 3.19. The normalized spacial score (nSPS) is 39.0. The van der Waals surface area contributed by atoms with Crippen molar-refractivity contribution in [3.05, 3.63) is 34.9 Å². The Morgan fingerprint density at radius 2 is 2.21 bits per heavy atom. The van der Waals surface area contributed by atoms with E-state index in [4.69, 9.17) is 9.47 Å². The van der Waals surface area contributed by atoms with Gasteiger partial charge in [-0.05, 0) is 61.9 Å². The quantitative estimate of drug-likeness (QED) is 0.453. The highest BCUT2D eigenvalue weighted by Crippen LogP contribution is 2.71. The van der Waals surface area contributed by atoms with Gasteiger partial charge in [0, 0.05) is 6.08 Å². The molecule has 0 saturated heterocycles. The lowest BCUT2D eigenvalue weighted by Crippen LogP contribution is -2.37. The van der Waals surface area contributed by atoms with Crippen molar-refractivity contribution in [1.82, 2.24) is 0 Å². The SMILES string of the molecule is C=C1[C@H]2CC3=C(COC(=O)C=C(C)C)C(=O)O[C@@H]3C[C@]2(C)[C@H]2C[C@@H]12. The van der Waals surface area contributed by atoms with Gasteiger partial charge in [0.15, 0.2) is 0 Å². The maximum absolute atomic E-state index is 12.3. The number of rotatable bonds is 3. The van der Waals surface area contributed by atoms with Gasteiger partial charge in [0.2, 0.25) is 0 Å². The Bertz CT molecular complexity index is 709. The minimum Gasteiger partial charge on any atom is -0.457 e. The number of hydrogen-bond acceptors (Lipinski definition) is 4. The van der Waals surface area contributed by atoms with Crippen molar-refractivity contribution >= 4 is 11.9 Å². The molecular weight excluding hydrogens is 304 g/mol. The molecular formula is C20H24O4. The molecule has 3 aliphatic carbocycles. The molecule has 0 aromatic rings. The molecule has 128 valence electrons. The second-order valence-electron chi connectivity index (χ2n) is 8.22. The zero-order valence-corrected chi connectivity index (χ0v) is 14.6. The number of allylic oxidation sites excluding steroid dienone is 2. The zero-order chi connectivity index (χ0) is 17.2. The zero-order valence-electron chi connectivity index (χ0n) is 14.6. The summed E-state index contributed by atoms with van der Waals surface area (Å²) < 4.78 is 10.9. The van der Waals surface area contributed by atoms with E-state index in [1.54, 1.807) is 0 Å². The van der Waals surface area contributed by atoms with E-state index in [2.05, 4.69) is 13.5 Å². The van der Waals surface area contributed by atoms with Gasteiger partial charge in [0.1, 0.15) is 12.7 Å². The van der Waals surface area contributed by atoms with Crippen LogP contribution in [0.25, 0.3) is 0 Å². The van der Waals surface area contributed by atoms with Gasteiger partial charge in [-0.3, -0.25) is 0 Å². The van der Waals surface area contributed by atoms with Crippen LogP contribution < -0.4 is 0 Å². The first kappa shape index (κ1) is 15.7. The Morgan fingerprint density at radius 1 is 1.46 bits per heavy atom. The summed E-state index contributed by atoms with van der Waals surface area (Å²) in [5, 5.41) is 0. The number of carbonyl (C=O) groups is 2. The molecule has 5 atom stereocenters. The summed E-state index contributed by atoms with van der Waals surface area (Å²) in [4.78, 5) is 24.0. The molecule has 1 aliphatic heterocycles. The van der Waals surface area contributed by atoms with Gasteiger partial charge in [-0.15, -0.1) is 0 Å². The summed E-state index contributed by atoms with van der Waals surface area (Å²) in [7, 11) is 0. The van der Waals surface area contributed by atoms with Crippen LogP contribution in [0.4, 0.5) is 0 Å². The molecule has 4 heteroatoms. The highest BCUT2D eigenvalue weighted by molar-refractivity contribution is 5.93. The maximum atomic E-state index is 12.3. The number of hydrogen-bond donors (Lipinski definition) is 0. The predicted octanol–water partition coefficient (Wildman–Crippen LogP) is 3.34. The second kappa shape index (κ2) is 5.08. The van der Waals surface area contributed by atoms with E-state index < -0.39 is 5.97 Å². The highest BCUT2D eigenvalue weighted by atomic mass is 16.6. The third-order valence-electron chi connectivity index (χ3n) is 6.44. The lowest BCUT2D eigenvalue weighted by molar-refractivity contribution is -0.143. The Kier molecular flexibility index (Phi) is 3.32. The molecule has 0 bridgehead atoms. The van der Waals surface area contributed by atoms with Gasteiger partial charge in [-0.1, -0.05) is 24.6 Å². The van der Waals surface area contributed by atoms with Crippen LogP contribution >= 0.6 is 0 Å². The van der Waals surface area contributed by atoms with Crippen molar-refractivity contribution in [2.75, 3.05) is 6.61 Å². The number of fused-ring (bicyclic) bond motifs is 4. The van der Waals surface area contributed by atoms with E-state index in [-0.39, 0.29) is 24.1 Å². The molecule has 0 aromatic heterocycles. The van der Waals surface area contributed by atoms with Crippen molar-refractivity contribution < 1.29 is 19.1 Å². The monoisotopic (exact) mass is 328 g/mol. The third-order valence-corrected chi connectivity index (χ3v) is 6.44. The summed E-state index contributed by atoms with van der Waals surface area (Å²) >= 11 is 0. The van der Waals surface area contributed by atoms with Gasteiger partial charge in [-0.25, -0.2) is 9.59 Å². The maximum Gasteiger partial charge on any atom is 0.338 e. The van der Waals surface area contributed by atoms with Crippen molar-refractivity contribution in [2.24, 2.45) is 23.2 Å². The fourth-order valence-electron chi connectivity index (χ4n) is 5.14. The van der Waals surface area contributed by atoms with E-state index in [9.17, 15) is 9.59 Å². The first-order chi connectivity index (χ1) is 11.3. The molecule has 0 aromatic carbocycles. The van der Waals surface area contributed by atoms with Crippen LogP contribution in [-0.4, -0.2) is 24.6 Å². The van der Waals surface area contributed by atoms with Crippen LogP contribution in [-0.2, 0) is 19.1 Å². The lowest BCUT2D eigenvalue weighted by atomic mass is 9.63. The van der Waals surface area contributed by atoms with E-state index >= 15 is 0 Å². The van der Waals surface area contributed by atoms with Gasteiger partial charge < -0.3 is 9.47 Å². The van der Waals surface area contributed by atoms with Crippen LogP contribution in [0.15, 0.2) is 34.9 Å². The summed E-state index contributed by atoms with van der Waals surface area (Å²) in [6, 6.07) is 0. The molecule has 3 fully saturated rings. The molecule has 0 unspecified atom stereocenters. The molecule has 4 aliphatic rings. The van der Waals surface area contributed by atoms with Crippen molar-refractivity contribution in [1.29, 1.82) is 0 Å². The van der Waals surface area contributed by atoms with Crippen LogP contribution in [0.3, 0.4) is 0 Å². The Balaban J connectivity index is 1.55. The molecule has 4 rings (SSSR count). The molecule has 0 radical (unpaired) electrons. The van der Waals surface area contributed by atoms with Gasteiger partial charge in [-0.2, -0.15) is 0 Å². The van der Waals surface area contributed by atoms with Crippen molar-refractivity contribution in [3.8, 4) is 0 Å². The molecule has 0 N–H and O–H groups in total. The highest BCUT2D eigenvalue weighted by Gasteiger charge is 2.65. The number of carbonyl (C=O) groups excluding carboxylic acids is 2. The fraction of sp³-hybridized carbons (Fsp3) is 0.600.